The molecule has 0 aliphatic carbocycles. The molecule has 0 spiro atoms. The van der Waals surface area contributed by atoms with Gasteiger partial charge in [0.25, 0.3) is 0 Å². The van der Waals surface area contributed by atoms with Crippen molar-refractivity contribution < 1.29 is 14.3 Å². The summed E-state index contributed by atoms with van der Waals surface area (Å²) in [5.74, 6) is -0.664. The molecule has 0 aromatic carbocycles. The van der Waals surface area contributed by atoms with Crippen LogP contribution in [-0.4, -0.2) is 41.5 Å². The van der Waals surface area contributed by atoms with Crippen LogP contribution in [0.3, 0.4) is 0 Å². The number of esters is 2. The quantitative estimate of drug-likeness (QED) is 0.0749. The van der Waals surface area contributed by atoms with E-state index in [1.807, 2.05) is 0 Å². The Morgan fingerprint density at radius 1 is 0.433 bits per heavy atom. The predicted octanol–water partition coefficient (Wildman–Crippen LogP) is 8.03. The number of carbonyl (C=O) groups is 2. The van der Waals surface area contributed by atoms with E-state index in [1.54, 1.807) is 0 Å². The van der Waals surface area contributed by atoms with E-state index in [0.717, 1.165) is 25.7 Å². The molecule has 0 unspecified atom stereocenters. The number of hydrogen-bond donors (Lipinski definition) is 0. The molecule has 0 radical (unpaired) electrons. The standard InChI is InChI=1S/C26H50O3.Na.H/c1-3-5-7-9-11-13-14-16-18-20-22-24-26(28)29-25(27)23-21-19-17-15-12-10-8-6-4-2;;/h3-24H2,1-2H3;;. The second-order valence-corrected chi connectivity index (χ2v) is 8.71. The van der Waals surface area contributed by atoms with Gasteiger partial charge in [0.2, 0.25) is 0 Å². The summed E-state index contributed by atoms with van der Waals surface area (Å²) >= 11 is 0. The SMILES string of the molecule is CCCCCCCCCCCCCC(=O)OC(=O)CCCCCCCCCCC.[NaH]. The van der Waals surface area contributed by atoms with Crippen molar-refractivity contribution in [3.63, 3.8) is 0 Å². The third-order valence-electron chi connectivity index (χ3n) is 5.70. The Morgan fingerprint density at radius 3 is 0.933 bits per heavy atom. The van der Waals surface area contributed by atoms with Crippen molar-refractivity contribution in [2.45, 2.75) is 155 Å². The van der Waals surface area contributed by atoms with Crippen LogP contribution in [0.5, 0.6) is 0 Å². The molecule has 0 N–H and O–H groups in total. The molecule has 4 heteroatoms. The van der Waals surface area contributed by atoms with E-state index in [2.05, 4.69) is 13.8 Å². The Bertz CT molecular complexity index is 371. The van der Waals surface area contributed by atoms with Gasteiger partial charge in [-0.1, -0.05) is 129 Å². The molecular formula is C26H51NaO3. The van der Waals surface area contributed by atoms with Crippen LogP contribution in [0.25, 0.3) is 0 Å². The average Bonchev–Trinajstić information content (AvgIpc) is 2.70. The van der Waals surface area contributed by atoms with Gasteiger partial charge in [0.1, 0.15) is 0 Å². The van der Waals surface area contributed by atoms with Crippen molar-refractivity contribution in [2.24, 2.45) is 0 Å². The summed E-state index contributed by atoms with van der Waals surface area (Å²) in [5, 5.41) is 0. The van der Waals surface area contributed by atoms with Gasteiger partial charge in [0.15, 0.2) is 0 Å². The van der Waals surface area contributed by atoms with Crippen LogP contribution >= 0.6 is 0 Å². The first-order valence-electron chi connectivity index (χ1n) is 12.9. The summed E-state index contributed by atoms with van der Waals surface area (Å²) in [6.45, 7) is 4.49. The molecule has 0 aliphatic rings. The Morgan fingerprint density at radius 2 is 0.667 bits per heavy atom. The van der Waals surface area contributed by atoms with Gasteiger partial charge < -0.3 is 4.74 Å². The fourth-order valence-electron chi connectivity index (χ4n) is 3.74. The van der Waals surface area contributed by atoms with E-state index in [1.165, 1.54) is 103 Å². The summed E-state index contributed by atoms with van der Waals surface area (Å²) in [6, 6.07) is 0. The van der Waals surface area contributed by atoms with Crippen LogP contribution in [0.2, 0.25) is 0 Å². The summed E-state index contributed by atoms with van der Waals surface area (Å²) in [6.07, 6.45) is 25.6. The van der Waals surface area contributed by atoms with E-state index in [-0.39, 0.29) is 41.5 Å². The maximum atomic E-state index is 11.7. The third-order valence-corrected chi connectivity index (χ3v) is 5.70. The zero-order chi connectivity index (χ0) is 21.4. The normalized spacial score (nSPS) is 10.6. The molecule has 0 rings (SSSR count). The van der Waals surface area contributed by atoms with Crippen molar-refractivity contribution in [3.05, 3.63) is 0 Å². The average molecular weight is 435 g/mol. The Labute approximate surface area is 210 Å². The van der Waals surface area contributed by atoms with Gasteiger partial charge in [-0.2, -0.15) is 0 Å². The van der Waals surface area contributed by atoms with Gasteiger partial charge in [-0.05, 0) is 12.8 Å². The molecule has 0 aliphatic heterocycles. The van der Waals surface area contributed by atoms with Gasteiger partial charge in [0.05, 0.1) is 0 Å². The van der Waals surface area contributed by atoms with Gasteiger partial charge in [-0.25, -0.2) is 0 Å². The third kappa shape index (κ3) is 26.2. The summed E-state index contributed by atoms with van der Waals surface area (Å²) < 4.78 is 4.94. The van der Waals surface area contributed by atoms with Crippen molar-refractivity contribution >= 4 is 41.5 Å². The fraction of sp³-hybridized carbons (Fsp3) is 0.923. The molecule has 30 heavy (non-hydrogen) atoms. The van der Waals surface area contributed by atoms with Crippen molar-refractivity contribution in [1.29, 1.82) is 0 Å². The Hall–Kier alpha value is 0.140. The zero-order valence-corrected chi connectivity index (χ0v) is 19.8. The van der Waals surface area contributed by atoms with Crippen LogP contribution in [0.4, 0.5) is 0 Å². The number of ether oxygens (including phenoxy) is 1. The Kier molecular flexibility index (Phi) is 29.3. The molecule has 0 heterocycles. The number of rotatable bonds is 22. The molecule has 0 aromatic heterocycles. The van der Waals surface area contributed by atoms with Crippen molar-refractivity contribution in [1.82, 2.24) is 0 Å². The molecule has 0 fully saturated rings. The molecule has 0 saturated heterocycles. The van der Waals surface area contributed by atoms with Crippen LogP contribution in [0.1, 0.15) is 155 Å². The van der Waals surface area contributed by atoms with E-state index < -0.39 is 0 Å². The minimum atomic E-state index is -0.332. The predicted molar refractivity (Wildman–Crippen MR) is 131 cm³/mol. The number of hydrogen-bond acceptors (Lipinski definition) is 3. The fourth-order valence-corrected chi connectivity index (χ4v) is 3.74. The molecule has 174 valence electrons. The van der Waals surface area contributed by atoms with Gasteiger partial charge in [-0.3, -0.25) is 9.59 Å². The second kappa shape index (κ2) is 27.2. The first-order chi connectivity index (χ1) is 14.2. The molecule has 0 bridgehead atoms. The van der Waals surface area contributed by atoms with E-state index in [9.17, 15) is 9.59 Å². The number of carbonyl (C=O) groups excluding carboxylic acids is 2. The molecule has 0 atom stereocenters. The summed E-state index contributed by atoms with van der Waals surface area (Å²) in [5.41, 5.74) is 0. The van der Waals surface area contributed by atoms with Gasteiger partial charge >= 0.3 is 41.5 Å². The molecule has 0 amide bonds. The second-order valence-electron chi connectivity index (χ2n) is 8.71. The molecule has 3 nitrogen and oxygen atoms in total. The van der Waals surface area contributed by atoms with E-state index >= 15 is 0 Å². The van der Waals surface area contributed by atoms with Crippen LogP contribution < -0.4 is 0 Å². The monoisotopic (exact) mass is 434 g/mol. The maximum absolute atomic E-state index is 11.7. The molecule has 0 saturated carbocycles. The number of unbranched alkanes of at least 4 members (excludes halogenated alkanes) is 18. The van der Waals surface area contributed by atoms with Gasteiger partial charge in [-0.15, -0.1) is 0 Å². The summed E-state index contributed by atoms with van der Waals surface area (Å²) in [7, 11) is 0. The van der Waals surface area contributed by atoms with Crippen LogP contribution in [0, 0.1) is 0 Å². The molecular weight excluding hydrogens is 383 g/mol. The van der Waals surface area contributed by atoms with Gasteiger partial charge in [0, 0.05) is 12.8 Å². The zero-order valence-electron chi connectivity index (χ0n) is 19.8. The van der Waals surface area contributed by atoms with Crippen molar-refractivity contribution in [2.75, 3.05) is 0 Å². The van der Waals surface area contributed by atoms with Crippen LogP contribution in [-0.2, 0) is 14.3 Å². The van der Waals surface area contributed by atoms with E-state index in [0.29, 0.717) is 12.8 Å². The van der Waals surface area contributed by atoms with E-state index in [4.69, 9.17) is 4.74 Å². The Balaban J connectivity index is 0. The minimum absolute atomic E-state index is 0. The first kappa shape index (κ1) is 32.3. The molecule has 0 aromatic rings. The van der Waals surface area contributed by atoms with Crippen LogP contribution in [0.15, 0.2) is 0 Å². The topological polar surface area (TPSA) is 43.4 Å². The summed E-state index contributed by atoms with van der Waals surface area (Å²) in [4.78, 5) is 23.4. The first-order valence-corrected chi connectivity index (χ1v) is 12.9. The van der Waals surface area contributed by atoms with Crippen molar-refractivity contribution in [3.8, 4) is 0 Å².